The minimum Gasteiger partial charge on any atom is -0.311 e. The van der Waals surface area contributed by atoms with Gasteiger partial charge in [0.1, 0.15) is 0 Å². The Morgan fingerprint density at radius 3 is 1.97 bits per heavy atom. The number of sulfonamides is 1. The molecule has 0 aliphatic carbocycles. The Morgan fingerprint density at radius 1 is 0.719 bits per heavy atom. The molecule has 158 valence electrons. The molecule has 4 aromatic rings. The molecule has 0 aromatic heterocycles. The molecular formula is C26H20N2O3S. The van der Waals surface area contributed by atoms with E-state index < -0.39 is 10.0 Å². The van der Waals surface area contributed by atoms with Crippen molar-refractivity contribution in [3.05, 3.63) is 95.6 Å². The fraction of sp³-hybridized carbons (Fsp3) is 0.115. The largest absolute Gasteiger partial charge is 0.311 e. The van der Waals surface area contributed by atoms with Crippen LogP contribution in [0, 0.1) is 0 Å². The summed E-state index contributed by atoms with van der Waals surface area (Å²) in [4.78, 5) is 14.4. The lowest BCUT2D eigenvalue weighted by Gasteiger charge is -2.22. The topological polar surface area (TPSA) is 57.7 Å². The number of hydrogen-bond donors (Lipinski definition) is 0. The van der Waals surface area contributed by atoms with Crippen molar-refractivity contribution in [1.29, 1.82) is 0 Å². The van der Waals surface area contributed by atoms with Crippen molar-refractivity contribution in [3.63, 3.8) is 0 Å². The van der Waals surface area contributed by atoms with E-state index in [1.807, 2.05) is 48.5 Å². The van der Waals surface area contributed by atoms with E-state index in [0.29, 0.717) is 16.3 Å². The highest BCUT2D eigenvalue weighted by Gasteiger charge is 2.34. The summed E-state index contributed by atoms with van der Waals surface area (Å²) < 4.78 is 29.6. The molecule has 0 spiro atoms. The van der Waals surface area contributed by atoms with Crippen LogP contribution in [0.15, 0.2) is 83.8 Å². The van der Waals surface area contributed by atoms with Crippen LogP contribution in [0.2, 0.25) is 0 Å². The lowest BCUT2D eigenvalue weighted by atomic mass is 9.97. The van der Waals surface area contributed by atoms with E-state index in [-0.39, 0.29) is 23.9 Å². The molecule has 0 unspecified atom stereocenters. The first kappa shape index (κ1) is 19.2. The Labute approximate surface area is 186 Å². The minimum absolute atomic E-state index is 0.113. The fourth-order valence-electron chi connectivity index (χ4n) is 4.92. The molecule has 32 heavy (non-hydrogen) atoms. The second-order valence-electron chi connectivity index (χ2n) is 8.26. The number of anilines is 1. The van der Waals surface area contributed by atoms with E-state index in [0.717, 1.165) is 27.9 Å². The van der Waals surface area contributed by atoms with Crippen LogP contribution in [-0.4, -0.2) is 25.7 Å². The van der Waals surface area contributed by atoms with Gasteiger partial charge in [0.15, 0.2) is 0 Å². The molecule has 0 saturated heterocycles. The lowest BCUT2D eigenvalue weighted by molar-refractivity contribution is 0.0999. The Bertz CT molecular complexity index is 1490. The van der Waals surface area contributed by atoms with Gasteiger partial charge in [-0.25, -0.2) is 8.42 Å². The summed E-state index contributed by atoms with van der Waals surface area (Å²) in [5, 5.41) is 1.29. The summed E-state index contributed by atoms with van der Waals surface area (Å²) >= 11 is 0. The molecule has 2 aliphatic rings. The third kappa shape index (κ3) is 2.60. The molecule has 0 radical (unpaired) electrons. The molecule has 2 aliphatic heterocycles. The third-order valence-electron chi connectivity index (χ3n) is 6.51. The Morgan fingerprint density at radius 2 is 1.31 bits per heavy atom. The van der Waals surface area contributed by atoms with Gasteiger partial charge < -0.3 is 4.90 Å². The van der Waals surface area contributed by atoms with Crippen molar-refractivity contribution in [3.8, 4) is 11.1 Å². The van der Waals surface area contributed by atoms with Crippen LogP contribution in [0.1, 0.15) is 21.5 Å². The first-order chi connectivity index (χ1) is 15.5. The molecule has 6 heteroatoms. The third-order valence-corrected chi connectivity index (χ3v) is 8.36. The van der Waals surface area contributed by atoms with E-state index in [4.69, 9.17) is 0 Å². The smallest absolute Gasteiger partial charge is 0.258 e. The monoisotopic (exact) mass is 440 g/mol. The van der Waals surface area contributed by atoms with Gasteiger partial charge in [0.2, 0.25) is 10.0 Å². The average molecular weight is 441 g/mol. The summed E-state index contributed by atoms with van der Waals surface area (Å²) in [6, 6.07) is 24.6. The summed E-state index contributed by atoms with van der Waals surface area (Å²) in [6.45, 7) is 0.573. The highest BCUT2D eigenvalue weighted by molar-refractivity contribution is 7.89. The van der Waals surface area contributed by atoms with E-state index in [1.54, 1.807) is 46.6 Å². The maximum Gasteiger partial charge on any atom is 0.258 e. The zero-order valence-corrected chi connectivity index (χ0v) is 18.3. The number of nitrogens with zero attached hydrogens (tertiary/aromatic N) is 2. The van der Waals surface area contributed by atoms with Crippen LogP contribution in [0.4, 0.5) is 5.69 Å². The van der Waals surface area contributed by atoms with E-state index in [2.05, 4.69) is 0 Å². The van der Waals surface area contributed by atoms with Gasteiger partial charge >= 0.3 is 0 Å². The molecule has 0 atom stereocenters. The molecule has 4 aromatic carbocycles. The first-order valence-electron chi connectivity index (χ1n) is 10.5. The van der Waals surface area contributed by atoms with Crippen molar-refractivity contribution >= 4 is 32.4 Å². The summed E-state index contributed by atoms with van der Waals surface area (Å²) in [5.41, 5.74) is 5.36. The highest BCUT2D eigenvalue weighted by atomic mass is 32.2. The number of hydrogen-bond acceptors (Lipinski definition) is 3. The quantitative estimate of drug-likeness (QED) is 0.450. The number of fused-ring (bicyclic) bond motifs is 3. The van der Waals surface area contributed by atoms with Crippen molar-refractivity contribution < 1.29 is 13.2 Å². The van der Waals surface area contributed by atoms with Gasteiger partial charge in [-0.15, -0.1) is 0 Å². The second-order valence-corrected chi connectivity index (χ2v) is 10.2. The summed E-state index contributed by atoms with van der Waals surface area (Å²) in [5.74, 6) is -0.113. The van der Waals surface area contributed by atoms with Crippen molar-refractivity contribution in [2.75, 3.05) is 11.9 Å². The first-order valence-corrected chi connectivity index (χ1v) is 11.9. The maximum atomic E-state index is 14.0. The van der Waals surface area contributed by atoms with Gasteiger partial charge in [-0.2, -0.15) is 4.31 Å². The van der Waals surface area contributed by atoms with Gasteiger partial charge in [-0.1, -0.05) is 60.7 Å². The van der Waals surface area contributed by atoms with Gasteiger partial charge in [-0.05, 0) is 40.5 Å². The van der Waals surface area contributed by atoms with Gasteiger partial charge in [0.05, 0.1) is 10.6 Å². The van der Waals surface area contributed by atoms with Gasteiger partial charge in [0, 0.05) is 36.5 Å². The van der Waals surface area contributed by atoms with Gasteiger partial charge in [-0.3, -0.25) is 4.79 Å². The molecule has 0 N–H and O–H groups in total. The molecule has 5 nitrogen and oxygen atoms in total. The standard InChI is InChI=1S/C26H20N2O3S/c1-27-23-13-14-24(21-11-6-12-22(25(21)23)26(27)29)32(30,31)28-15-17-7-2-4-9-19(17)20-10-5-3-8-18(20)16-28/h2-14H,15-16H2,1H3. The molecule has 0 bridgehead atoms. The van der Waals surface area contributed by atoms with Crippen LogP contribution < -0.4 is 4.90 Å². The Hall–Kier alpha value is -3.48. The predicted octanol–water partition coefficient (Wildman–Crippen LogP) is 4.80. The number of amides is 1. The van der Waals surface area contributed by atoms with Crippen molar-refractivity contribution in [1.82, 2.24) is 4.31 Å². The van der Waals surface area contributed by atoms with Crippen LogP contribution in [0.3, 0.4) is 0 Å². The Balaban J connectivity index is 1.55. The molecule has 6 rings (SSSR count). The van der Waals surface area contributed by atoms with Crippen LogP contribution in [0.25, 0.3) is 21.9 Å². The number of carbonyl (C=O) groups is 1. The van der Waals surface area contributed by atoms with Gasteiger partial charge in [0.25, 0.3) is 5.91 Å². The van der Waals surface area contributed by atoms with Crippen LogP contribution in [-0.2, 0) is 23.1 Å². The Kier molecular flexibility index (Phi) is 4.06. The minimum atomic E-state index is -3.83. The summed E-state index contributed by atoms with van der Waals surface area (Å²) in [6.07, 6.45) is 0. The molecule has 1 amide bonds. The number of carbonyl (C=O) groups excluding carboxylic acids is 1. The number of benzene rings is 4. The second kappa shape index (κ2) is 6.76. The van der Waals surface area contributed by atoms with Crippen LogP contribution in [0.5, 0.6) is 0 Å². The normalized spacial score (nSPS) is 15.5. The lowest BCUT2D eigenvalue weighted by Crippen LogP contribution is -2.29. The average Bonchev–Trinajstić information content (AvgIpc) is 2.97. The molecular weight excluding hydrogens is 420 g/mol. The zero-order chi connectivity index (χ0) is 22.0. The zero-order valence-electron chi connectivity index (χ0n) is 17.4. The van der Waals surface area contributed by atoms with E-state index in [1.165, 1.54) is 0 Å². The maximum absolute atomic E-state index is 14.0. The van der Waals surface area contributed by atoms with Crippen LogP contribution >= 0.6 is 0 Å². The van der Waals surface area contributed by atoms with E-state index in [9.17, 15) is 13.2 Å². The summed E-state index contributed by atoms with van der Waals surface area (Å²) in [7, 11) is -2.12. The molecule has 0 fully saturated rings. The molecule has 0 saturated carbocycles. The van der Waals surface area contributed by atoms with E-state index >= 15 is 0 Å². The highest BCUT2D eigenvalue weighted by Crippen LogP contribution is 2.41. The van der Waals surface area contributed by atoms with Crippen molar-refractivity contribution in [2.24, 2.45) is 0 Å². The SMILES string of the molecule is CN1C(=O)c2cccc3c(S(=O)(=O)N4Cc5ccccc5-c5ccccc5C4)ccc1c23. The fourth-order valence-corrected chi connectivity index (χ4v) is 6.51. The molecule has 2 heterocycles. The number of rotatable bonds is 2. The van der Waals surface area contributed by atoms with Crippen molar-refractivity contribution in [2.45, 2.75) is 18.0 Å². The predicted molar refractivity (Wildman–Crippen MR) is 125 cm³/mol.